The molecule has 1 atom stereocenters. The van der Waals surface area contributed by atoms with Crippen molar-refractivity contribution < 1.29 is 0 Å². The molecule has 1 rings (SSSR count). The van der Waals surface area contributed by atoms with Crippen LogP contribution in [0.4, 0.5) is 0 Å². The average molecular weight is 167 g/mol. The highest BCUT2D eigenvalue weighted by Crippen LogP contribution is 2.09. The summed E-state index contributed by atoms with van der Waals surface area (Å²) >= 11 is 0. The Morgan fingerprint density at radius 3 is 2.67 bits per heavy atom. The molecular weight excluding hydrogens is 150 g/mol. The van der Waals surface area contributed by atoms with E-state index in [0.717, 1.165) is 32.5 Å². The summed E-state index contributed by atoms with van der Waals surface area (Å²) < 4.78 is 0. The molecule has 0 amide bonds. The van der Waals surface area contributed by atoms with E-state index < -0.39 is 0 Å². The lowest BCUT2D eigenvalue weighted by Gasteiger charge is -2.30. The number of nitriles is 1. The number of hydrogen-bond acceptors (Lipinski definition) is 3. The van der Waals surface area contributed by atoms with Gasteiger partial charge in [0, 0.05) is 12.6 Å². The molecule has 12 heavy (non-hydrogen) atoms. The van der Waals surface area contributed by atoms with Crippen LogP contribution < -0.4 is 5.73 Å². The highest BCUT2D eigenvalue weighted by atomic mass is 15.1. The zero-order valence-electron chi connectivity index (χ0n) is 7.66. The SMILES string of the molecule is CC(C#N)CN1CCC(N)CC1. The summed E-state index contributed by atoms with van der Waals surface area (Å²) in [6, 6.07) is 2.64. The predicted molar refractivity (Wildman–Crippen MR) is 48.4 cm³/mol. The van der Waals surface area contributed by atoms with Crippen LogP contribution in [0.25, 0.3) is 0 Å². The third-order valence-electron chi connectivity index (χ3n) is 2.38. The molecule has 0 aromatic rings. The van der Waals surface area contributed by atoms with Gasteiger partial charge in [0.2, 0.25) is 0 Å². The van der Waals surface area contributed by atoms with Crippen LogP contribution in [0.1, 0.15) is 19.8 Å². The molecule has 1 aliphatic heterocycles. The normalized spacial score (nSPS) is 23.4. The molecule has 0 radical (unpaired) electrons. The number of likely N-dealkylation sites (tertiary alicyclic amines) is 1. The van der Waals surface area contributed by atoms with Crippen LogP contribution in [-0.4, -0.2) is 30.6 Å². The quantitative estimate of drug-likeness (QED) is 0.654. The average Bonchev–Trinajstić information content (AvgIpc) is 2.09. The Bertz CT molecular complexity index is 165. The molecular formula is C9H17N3. The molecule has 0 bridgehead atoms. The number of rotatable bonds is 2. The van der Waals surface area contributed by atoms with Gasteiger partial charge in [0.1, 0.15) is 0 Å². The van der Waals surface area contributed by atoms with Crippen LogP contribution in [0.5, 0.6) is 0 Å². The molecule has 0 aromatic carbocycles. The van der Waals surface area contributed by atoms with Crippen LogP contribution in [0.3, 0.4) is 0 Å². The van der Waals surface area contributed by atoms with Gasteiger partial charge >= 0.3 is 0 Å². The van der Waals surface area contributed by atoms with Crippen molar-refractivity contribution in [1.82, 2.24) is 4.90 Å². The maximum Gasteiger partial charge on any atom is 0.0666 e. The highest BCUT2D eigenvalue weighted by Gasteiger charge is 2.17. The van der Waals surface area contributed by atoms with Gasteiger partial charge in [-0.1, -0.05) is 0 Å². The summed E-state index contributed by atoms with van der Waals surface area (Å²) in [5.41, 5.74) is 5.77. The summed E-state index contributed by atoms with van der Waals surface area (Å²) in [6.07, 6.45) is 2.16. The molecule has 1 heterocycles. The first kappa shape index (κ1) is 9.50. The molecule has 3 heteroatoms. The second-order valence-electron chi connectivity index (χ2n) is 3.67. The second kappa shape index (κ2) is 4.44. The fraction of sp³-hybridized carbons (Fsp3) is 0.889. The largest absolute Gasteiger partial charge is 0.328 e. The van der Waals surface area contributed by atoms with Crippen molar-refractivity contribution in [3.8, 4) is 6.07 Å². The molecule has 1 fully saturated rings. The van der Waals surface area contributed by atoms with E-state index in [9.17, 15) is 0 Å². The van der Waals surface area contributed by atoms with Gasteiger partial charge < -0.3 is 10.6 Å². The molecule has 3 nitrogen and oxygen atoms in total. The number of piperidine rings is 1. The van der Waals surface area contributed by atoms with E-state index in [0.29, 0.717) is 6.04 Å². The smallest absolute Gasteiger partial charge is 0.0666 e. The maximum atomic E-state index is 8.62. The van der Waals surface area contributed by atoms with Crippen molar-refractivity contribution in [3.05, 3.63) is 0 Å². The lowest BCUT2D eigenvalue weighted by molar-refractivity contribution is 0.200. The Labute approximate surface area is 74.1 Å². The molecule has 0 aliphatic carbocycles. The van der Waals surface area contributed by atoms with E-state index in [4.69, 9.17) is 11.0 Å². The Hall–Kier alpha value is -0.590. The van der Waals surface area contributed by atoms with Gasteiger partial charge in [-0.15, -0.1) is 0 Å². The molecule has 1 saturated heterocycles. The van der Waals surface area contributed by atoms with E-state index >= 15 is 0 Å². The predicted octanol–water partition coefficient (Wildman–Crippen LogP) is 0.569. The second-order valence-corrected chi connectivity index (χ2v) is 3.67. The minimum atomic E-state index is 0.152. The molecule has 0 spiro atoms. The van der Waals surface area contributed by atoms with E-state index in [1.54, 1.807) is 0 Å². The summed E-state index contributed by atoms with van der Waals surface area (Å²) in [7, 11) is 0. The van der Waals surface area contributed by atoms with Gasteiger partial charge in [-0.05, 0) is 32.9 Å². The highest BCUT2D eigenvalue weighted by molar-refractivity contribution is 4.83. The summed E-state index contributed by atoms with van der Waals surface area (Å²) in [6.45, 7) is 5.00. The molecule has 2 N–H and O–H groups in total. The van der Waals surface area contributed by atoms with Crippen molar-refractivity contribution in [2.75, 3.05) is 19.6 Å². The minimum absolute atomic E-state index is 0.152. The van der Waals surface area contributed by atoms with Gasteiger partial charge in [-0.3, -0.25) is 0 Å². The standard InChI is InChI=1S/C9H17N3/c1-8(6-10)7-12-4-2-9(11)3-5-12/h8-9H,2-5,7,11H2,1H3. The van der Waals surface area contributed by atoms with E-state index in [1.165, 1.54) is 0 Å². The Morgan fingerprint density at radius 1 is 1.58 bits per heavy atom. The third kappa shape index (κ3) is 2.80. The van der Waals surface area contributed by atoms with Crippen LogP contribution in [0.2, 0.25) is 0 Å². The van der Waals surface area contributed by atoms with E-state index in [-0.39, 0.29) is 5.92 Å². The first-order valence-electron chi connectivity index (χ1n) is 4.60. The first-order chi connectivity index (χ1) is 5.72. The summed E-state index contributed by atoms with van der Waals surface area (Å²) in [5, 5.41) is 8.62. The van der Waals surface area contributed by atoms with Crippen molar-refractivity contribution in [2.45, 2.75) is 25.8 Å². The van der Waals surface area contributed by atoms with Gasteiger partial charge in [-0.25, -0.2) is 0 Å². The lowest BCUT2D eigenvalue weighted by Crippen LogP contribution is -2.41. The maximum absolute atomic E-state index is 8.62. The van der Waals surface area contributed by atoms with Crippen LogP contribution >= 0.6 is 0 Å². The van der Waals surface area contributed by atoms with Gasteiger partial charge in [0.25, 0.3) is 0 Å². The molecule has 0 saturated carbocycles. The van der Waals surface area contributed by atoms with Crippen LogP contribution in [-0.2, 0) is 0 Å². The monoisotopic (exact) mass is 167 g/mol. The number of nitrogens with zero attached hydrogens (tertiary/aromatic N) is 2. The van der Waals surface area contributed by atoms with Crippen molar-refractivity contribution in [3.63, 3.8) is 0 Å². The fourth-order valence-corrected chi connectivity index (χ4v) is 1.56. The third-order valence-corrected chi connectivity index (χ3v) is 2.38. The van der Waals surface area contributed by atoms with Crippen molar-refractivity contribution in [1.29, 1.82) is 5.26 Å². The van der Waals surface area contributed by atoms with Crippen LogP contribution in [0, 0.1) is 17.2 Å². The number of hydrogen-bond donors (Lipinski definition) is 1. The van der Waals surface area contributed by atoms with Crippen molar-refractivity contribution in [2.24, 2.45) is 11.7 Å². The first-order valence-corrected chi connectivity index (χ1v) is 4.60. The Morgan fingerprint density at radius 2 is 2.17 bits per heavy atom. The van der Waals surface area contributed by atoms with E-state index in [1.807, 2.05) is 6.92 Å². The Balaban J connectivity index is 2.22. The summed E-state index contributed by atoms with van der Waals surface area (Å²) in [4.78, 5) is 2.33. The molecule has 1 aliphatic rings. The molecule has 0 aromatic heterocycles. The van der Waals surface area contributed by atoms with Gasteiger partial charge in [-0.2, -0.15) is 5.26 Å². The minimum Gasteiger partial charge on any atom is -0.328 e. The zero-order valence-corrected chi connectivity index (χ0v) is 7.66. The Kier molecular flexibility index (Phi) is 3.51. The lowest BCUT2D eigenvalue weighted by atomic mass is 10.0. The molecule has 1 unspecified atom stereocenters. The van der Waals surface area contributed by atoms with E-state index in [2.05, 4.69) is 11.0 Å². The number of nitrogens with two attached hydrogens (primary N) is 1. The summed E-state index contributed by atoms with van der Waals surface area (Å²) in [5.74, 6) is 0.152. The van der Waals surface area contributed by atoms with Gasteiger partial charge in [0.05, 0.1) is 12.0 Å². The van der Waals surface area contributed by atoms with Crippen molar-refractivity contribution >= 4 is 0 Å². The van der Waals surface area contributed by atoms with Gasteiger partial charge in [0.15, 0.2) is 0 Å². The zero-order chi connectivity index (χ0) is 8.97. The molecule has 68 valence electrons. The fourth-order valence-electron chi connectivity index (χ4n) is 1.56. The topological polar surface area (TPSA) is 53.0 Å². The van der Waals surface area contributed by atoms with Crippen LogP contribution in [0.15, 0.2) is 0 Å².